The molecule has 1 aromatic carbocycles. The van der Waals surface area contributed by atoms with Crippen LogP contribution in [0.25, 0.3) is 0 Å². The fraction of sp³-hybridized carbons (Fsp3) is 0.368. The van der Waals surface area contributed by atoms with E-state index >= 15 is 0 Å². The van der Waals surface area contributed by atoms with Crippen molar-refractivity contribution in [3.63, 3.8) is 0 Å². The number of carbonyl (C=O) groups is 1. The average molecular weight is 500 g/mol. The smallest absolute Gasteiger partial charge is 0.257 e. The highest BCUT2D eigenvalue weighted by atomic mass is 127. The van der Waals surface area contributed by atoms with E-state index in [1.54, 1.807) is 6.07 Å². The second kappa shape index (κ2) is 7.53. The molecular weight excluding hydrogens is 481 g/mol. The number of nitrogens with one attached hydrogen (secondary N) is 2. The molecule has 0 radical (unpaired) electrons. The van der Waals surface area contributed by atoms with Crippen LogP contribution >= 0.6 is 22.6 Å². The quantitative estimate of drug-likeness (QED) is 0.563. The van der Waals surface area contributed by atoms with Gasteiger partial charge in [0.25, 0.3) is 5.91 Å². The average Bonchev–Trinajstić information content (AvgIpc) is 3.17. The molecule has 3 N–H and O–H groups in total. The Hall–Kier alpha value is -1.85. The molecule has 0 saturated carbocycles. The summed E-state index contributed by atoms with van der Waals surface area (Å²) in [6.45, 7) is 1.18. The zero-order chi connectivity index (χ0) is 19.9. The third kappa shape index (κ3) is 3.58. The Kier molecular flexibility index (Phi) is 5.23. The van der Waals surface area contributed by atoms with Gasteiger partial charge in [0.1, 0.15) is 11.4 Å². The number of aliphatic hydroxyl groups is 1. The number of rotatable bonds is 4. The number of amides is 1. The van der Waals surface area contributed by atoms with Gasteiger partial charge in [0.2, 0.25) is 0 Å². The molecule has 2 aliphatic heterocycles. The molecule has 1 aromatic heterocycles. The van der Waals surface area contributed by atoms with Crippen LogP contribution in [0.15, 0.2) is 30.6 Å². The van der Waals surface area contributed by atoms with Gasteiger partial charge in [-0.25, -0.2) is 8.78 Å². The zero-order valence-corrected chi connectivity index (χ0v) is 17.0. The van der Waals surface area contributed by atoms with Crippen LogP contribution in [0, 0.1) is 15.2 Å². The van der Waals surface area contributed by atoms with E-state index < -0.39 is 23.1 Å². The lowest BCUT2D eigenvalue weighted by molar-refractivity contribution is -0.100. The summed E-state index contributed by atoms with van der Waals surface area (Å²) in [5.41, 5.74) is -1.04. The van der Waals surface area contributed by atoms with Crippen LogP contribution in [0.2, 0.25) is 0 Å². The van der Waals surface area contributed by atoms with E-state index in [2.05, 4.69) is 15.6 Å². The summed E-state index contributed by atoms with van der Waals surface area (Å²) in [7, 11) is 0. The molecule has 3 heterocycles. The number of halogens is 3. The first-order valence-corrected chi connectivity index (χ1v) is 10.1. The van der Waals surface area contributed by atoms with Gasteiger partial charge in [-0.2, -0.15) is 0 Å². The van der Waals surface area contributed by atoms with Crippen LogP contribution in [-0.2, 0) is 0 Å². The van der Waals surface area contributed by atoms with Crippen molar-refractivity contribution in [1.82, 2.24) is 15.2 Å². The molecule has 0 spiro atoms. The summed E-state index contributed by atoms with van der Waals surface area (Å²) >= 11 is 1.98. The summed E-state index contributed by atoms with van der Waals surface area (Å²) in [5, 5.41) is 16.6. The van der Waals surface area contributed by atoms with Crippen LogP contribution in [0.5, 0.6) is 0 Å². The summed E-state index contributed by atoms with van der Waals surface area (Å²) in [6, 6.07) is 4.43. The van der Waals surface area contributed by atoms with E-state index in [9.17, 15) is 18.7 Å². The second-order valence-electron chi connectivity index (χ2n) is 7.21. The number of pyridine rings is 1. The number of hydrogen-bond acceptors (Lipinski definition) is 5. The van der Waals surface area contributed by atoms with E-state index in [1.807, 2.05) is 22.6 Å². The number of aromatic nitrogens is 1. The first-order valence-electron chi connectivity index (χ1n) is 8.98. The lowest BCUT2D eigenvalue weighted by Crippen LogP contribution is -2.70. The van der Waals surface area contributed by atoms with Gasteiger partial charge in [0.15, 0.2) is 5.82 Å². The molecule has 2 aliphatic rings. The van der Waals surface area contributed by atoms with Crippen molar-refractivity contribution in [2.45, 2.75) is 24.5 Å². The minimum absolute atomic E-state index is 0.000573. The predicted octanol–water partition coefficient (Wildman–Crippen LogP) is 2.65. The molecule has 1 atom stereocenters. The van der Waals surface area contributed by atoms with Crippen molar-refractivity contribution in [3.8, 4) is 0 Å². The summed E-state index contributed by atoms with van der Waals surface area (Å²) in [6.07, 6.45) is 4.07. The molecule has 6 nitrogen and oxygen atoms in total. The highest BCUT2D eigenvalue weighted by Gasteiger charge is 2.50. The maximum Gasteiger partial charge on any atom is 0.257 e. The largest absolute Gasteiger partial charge is 0.385 e. The van der Waals surface area contributed by atoms with E-state index in [4.69, 9.17) is 0 Å². The van der Waals surface area contributed by atoms with Crippen LogP contribution in [0.3, 0.4) is 0 Å². The Morgan fingerprint density at radius 1 is 1.32 bits per heavy atom. The van der Waals surface area contributed by atoms with Crippen molar-refractivity contribution in [2.24, 2.45) is 0 Å². The fourth-order valence-electron chi connectivity index (χ4n) is 3.74. The highest BCUT2D eigenvalue weighted by molar-refractivity contribution is 14.1. The monoisotopic (exact) mass is 500 g/mol. The fourth-order valence-corrected chi connectivity index (χ4v) is 4.20. The molecule has 0 unspecified atom stereocenters. The maximum absolute atomic E-state index is 14.4. The Labute approximate surface area is 174 Å². The number of carbonyl (C=O) groups excluding carboxylic acids is 1. The normalized spacial score (nSPS) is 20.7. The zero-order valence-electron chi connectivity index (χ0n) is 14.9. The molecule has 2 fully saturated rings. The molecule has 28 heavy (non-hydrogen) atoms. The molecule has 0 aliphatic carbocycles. The topological polar surface area (TPSA) is 77.5 Å². The number of likely N-dealkylation sites (tertiary alicyclic amines) is 1. The molecule has 1 amide bonds. The summed E-state index contributed by atoms with van der Waals surface area (Å²) in [5.74, 6) is -1.76. The molecule has 2 saturated heterocycles. The molecule has 9 heteroatoms. The van der Waals surface area contributed by atoms with Crippen molar-refractivity contribution >= 4 is 39.9 Å². The van der Waals surface area contributed by atoms with E-state index in [1.165, 1.54) is 23.2 Å². The van der Waals surface area contributed by atoms with Gasteiger partial charge in [-0.05, 0) is 60.2 Å². The molecule has 148 valence electrons. The van der Waals surface area contributed by atoms with E-state index in [-0.39, 0.29) is 36.1 Å². The van der Waals surface area contributed by atoms with Crippen molar-refractivity contribution < 1.29 is 18.7 Å². The highest BCUT2D eigenvalue weighted by Crippen LogP contribution is 2.33. The third-order valence-electron chi connectivity index (χ3n) is 5.25. The third-order valence-corrected chi connectivity index (χ3v) is 5.92. The number of β-amino-alcohol motifs (C(OH)–C–C–N with tert-alkyl or cyclic N) is 1. The Balaban J connectivity index is 1.55. The minimum Gasteiger partial charge on any atom is -0.385 e. The number of nitrogens with zero attached hydrogens (tertiary/aromatic N) is 2. The summed E-state index contributed by atoms with van der Waals surface area (Å²) < 4.78 is 29.3. The number of benzene rings is 1. The first-order chi connectivity index (χ1) is 13.4. The van der Waals surface area contributed by atoms with Crippen LogP contribution < -0.4 is 10.6 Å². The van der Waals surface area contributed by atoms with Crippen molar-refractivity contribution in [2.75, 3.05) is 25.0 Å². The lowest BCUT2D eigenvalue weighted by Gasteiger charge is -2.49. The van der Waals surface area contributed by atoms with Gasteiger partial charge in [0, 0.05) is 15.8 Å². The molecule has 0 bridgehead atoms. The van der Waals surface area contributed by atoms with Gasteiger partial charge >= 0.3 is 0 Å². The van der Waals surface area contributed by atoms with Gasteiger partial charge in [-0.15, -0.1) is 0 Å². The second-order valence-corrected chi connectivity index (χ2v) is 8.45. The van der Waals surface area contributed by atoms with Gasteiger partial charge in [0.05, 0.1) is 36.2 Å². The molecule has 2 aromatic rings. The van der Waals surface area contributed by atoms with Crippen LogP contribution in [0.1, 0.15) is 23.2 Å². The SMILES string of the molecule is O=C(c1cncc(F)c1Nc1ccc(I)cc1F)N1CC(O)([C@@H]2CCCN2)C1. The van der Waals surface area contributed by atoms with Crippen LogP contribution in [-0.4, -0.2) is 52.2 Å². The van der Waals surface area contributed by atoms with Gasteiger partial charge in [-0.3, -0.25) is 9.78 Å². The molecular formula is C19H19F2IN4O2. The van der Waals surface area contributed by atoms with Crippen molar-refractivity contribution in [1.29, 1.82) is 0 Å². The van der Waals surface area contributed by atoms with Crippen LogP contribution in [0.4, 0.5) is 20.2 Å². The Morgan fingerprint density at radius 2 is 2.11 bits per heavy atom. The van der Waals surface area contributed by atoms with E-state index in [0.717, 1.165) is 25.6 Å². The van der Waals surface area contributed by atoms with Crippen molar-refractivity contribution in [3.05, 3.63) is 51.4 Å². The summed E-state index contributed by atoms with van der Waals surface area (Å²) in [4.78, 5) is 18.1. The van der Waals surface area contributed by atoms with E-state index in [0.29, 0.717) is 3.57 Å². The number of hydrogen-bond donors (Lipinski definition) is 3. The Bertz CT molecular complexity index is 915. The number of anilines is 2. The maximum atomic E-state index is 14.4. The van der Waals surface area contributed by atoms with Gasteiger partial charge in [-0.1, -0.05) is 0 Å². The standard InChI is InChI=1S/C19H19F2IN4O2/c20-13-6-11(22)3-4-15(13)25-17-12(7-23-8-14(17)21)18(27)26-9-19(28,10-26)16-2-1-5-24-16/h3-4,6-8,16,24,28H,1-2,5,9-10H2,(H,23,25)/t16-/m0/s1. The predicted molar refractivity (Wildman–Crippen MR) is 108 cm³/mol. The molecule has 4 rings (SSSR count). The van der Waals surface area contributed by atoms with Gasteiger partial charge < -0.3 is 20.6 Å². The lowest BCUT2D eigenvalue weighted by atomic mass is 9.84. The first kappa shape index (κ1) is 19.5. The minimum atomic E-state index is -0.970. The Morgan fingerprint density at radius 3 is 2.79 bits per heavy atom.